The van der Waals surface area contributed by atoms with Crippen molar-refractivity contribution in [3.8, 4) is 5.75 Å². The second-order valence-electron chi connectivity index (χ2n) is 7.09. The van der Waals surface area contributed by atoms with Crippen molar-refractivity contribution in [2.75, 3.05) is 5.32 Å². The molecule has 0 unspecified atom stereocenters. The fourth-order valence-corrected chi connectivity index (χ4v) is 4.73. The van der Waals surface area contributed by atoms with Gasteiger partial charge in [-0.3, -0.25) is 14.2 Å². The summed E-state index contributed by atoms with van der Waals surface area (Å²) in [6.45, 7) is 0.102. The van der Waals surface area contributed by atoms with E-state index in [-0.39, 0.29) is 32.6 Å². The van der Waals surface area contributed by atoms with Gasteiger partial charge in [0.15, 0.2) is 0 Å². The van der Waals surface area contributed by atoms with Crippen molar-refractivity contribution in [1.82, 2.24) is 9.55 Å². The van der Waals surface area contributed by atoms with Crippen LogP contribution in [-0.4, -0.2) is 29.0 Å². The Morgan fingerprint density at radius 1 is 1.09 bits per heavy atom. The molecule has 0 saturated carbocycles. The number of hydrogen-bond donors (Lipinski definition) is 3. The van der Waals surface area contributed by atoms with Crippen molar-refractivity contribution in [1.29, 1.82) is 0 Å². The van der Waals surface area contributed by atoms with Gasteiger partial charge in [0.2, 0.25) is 10.0 Å². The van der Waals surface area contributed by atoms with Crippen molar-refractivity contribution in [3.63, 3.8) is 0 Å². The lowest BCUT2D eigenvalue weighted by Gasteiger charge is -2.15. The minimum atomic E-state index is -4.19. The molecule has 33 heavy (non-hydrogen) atoms. The lowest BCUT2D eigenvalue weighted by Crippen LogP contribution is -2.31. The number of carbonyl (C=O) groups excluding carboxylic acids is 1. The van der Waals surface area contributed by atoms with Crippen LogP contribution in [0, 0.1) is 0 Å². The van der Waals surface area contributed by atoms with Crippen molar-refractivity contribution in [2.45, 2.75) is 11.4 Å². The molecule has 4 rings (SSSR count). The first-order valence-electron chi connectivity index (χ1n) is 9.55. The van der Waals surface area contributed by atoms with Crippen LogP contribution >= 0.6 is 15.9 Å². The van der Waals surface area contributed by atoms with Gasteiger partial charge in [-0.05, 0) is 45.8 Å². The molecule has 11 heteroatoms. The lowest BCUT2D eigenvalue weighted by atomic mass is 10.1. The molecule has 168 valence electrons. The van der Waals surface area contributed by atoms with Gasteiger partial charge < -0.3 is 10.4 Å². The van der Waals surface area contributed by atoms with E-state index in [1.54, 1.807) is 6.07 Å². The number of amides is 1. The van der Waals surface area contributed by atoms with Crippen LogP contribution in [-0.2, 0) is 16.6 Å². The SMILES string of the molecule is NS(=O)(=O)c1cccc(Br)c1NC(=O)c1c(O)c2cccnc2n(Cc2ccccc2)c1=O. The summed E-state index contributed by atoms with van der Waals surface area (Å²) in [7, 11) is -4.19. The second-order valence-corrected chi connectivity index (χ2v) is 9.47. The van der Waals surface area contributed by atoms with Crippen LogP contribution in [0.3, 0.4) is 0 Å². The molecule has 9 nitrogen and oxygen atoms in total. The highest BCUT2D eigenvalue weighted by molar-refractivity contribution is 9.10. The number of nitrogens with zero attached hydrogens (tertiary/aromatic N) is 2. The van der Waals surface area contributed by atoms with Crippen LogP contribution in [0.2, 0.25) is 0 Å². The maximum atomic E-state index is 13.4. The molecule has 1 amide bonds. The van der Waals surface area contributed by atoms with E-state index in [1.807, 2.05) is 30.3 Å². The molecule has 0 aliphatic rings. The summed E-state index contributed by atoms with van der Waals surface area (Å²) in [6.07, 6.45) is 1.47. The molecule has 0 spiro atoms. The van der Waals surface area contributed by atoms with E-state index in [2.05, 4.69) is 26.2 Å². The fraction of sp³-hybridized carbons (Fsp3) is 0.0455. The molecule has 4 aromatic rings. The van der Waals surface area contributed by atoms with Crippen molar-refractivity contribution < 1.29 is 18.3 Å². The van der Waals surface area contributed by atoms with Gasteiger partial charge in [-0.25, -0.2) is 18.5 Å². The maximum absolute atomic E-state index is 13.4. The number of sulfonamides is 1. The number of primary sulfonamides is 1. The standard InChI is InChI=1S/C22H17BrN4O5S/c23-15-9-4-10-16(33(24,31)32)18(15)26-21(29)17-19(28)14-8-5-11-25-20(14)27(22(17)30)12-13-6-2-1-3-7-13/h1-11,28H,12H2,(H,26,29)(H2,24,31,32). The normalized spacial score (nSPS) is 11.5. The Hall–Kier alpha value is -3.54. The zero-order chi connectivity index (χ0) is 23.8. The molecule has 2 aromatic carbocycles. The number of benzene rings is 2. The van der Waals surface area contributed by atoms with Gasteiger partial charge in [0.25, 0.3) is 11.5 Å². The average molecular weight is 529 g/mol. The van der Waals surface area contributed by atoms with E-state index in [0.717, 1.165) is 5.56 Å². The average Bonchev–Trinajstić information content (AvgIpc) is 2.78. The van der Waals surface area contributed by atoms with E-state index in [0.29, 0.717) is 0 Å². The molecule has 0 saturated heterocycles. The summed E-state index contributed by atoms with van der Waals surface area (Å²) < 4.78 is 25.5. The number of para-hydroxylation sites is 1. The van der Waals surface area contributed by atoms with Crippen LogP contribution in [0.15, 0.2) is 81.0 Å². The Morgan fingerprint density at radius 3 is 2.52 bits per heavy atom. The summed E-state index contributed by atoms with van der Waals surface area (Å²) in [5.41, 5.74) is -0.506. The van der Waals surface area contributed by atoms with E-state index in [1.165, 1.54) is 35.0 Å². The van der Waals surface area contributed by atoms with Crippen LogP contribution in [0.4, 0.5) is 5.69 Å². The fourth-order valence-electron chi connectivity index (χ4n) is 3.42. The number of aromatic nitrogens is 2. The summed E-state index contributed by atoms with van der Waals surface area (Å²) in [4.78, 5) is 30.4. The number of nitrogens with two attached hydrogens (primary N) is 1. The van der Waals surface area contributed by atoms with E-state index in [4.69, 9.17) is 5.14 Å². The van der Waals surface area contributed by atoms with Crippen molar-refractivity contribution in [2.24, 2.45) is 5.14 Å². The third-order valence-electron chi connectivity index (χ3n) is 4.92. The molecule has 0 aliphatic carbocycles. The Labute approximate surface area is 196 Å². The molecule has 0 bridgehead atoms. The highest BCUT2D eigenvalue weighted by Gasteiger charge is 2.25. The summed E-state index contributed by atoms with van der Waals surface area (Å²) in [6, 6.07) is 16.3. The Morgan fingerprint density at radius 2 is 1.82 bits per heavy atom. The number of fused-ring (bicyclic) bond motifs is 1. The van der Waals surface area contributed by atoms with Crippen LogP contribution < -0.4 is 16.0 Å². The molecule has 0 fully saturated rings. The molecular weight excluding hydrogens is 512 g/mol. The third kappa shape index (κ3) is 4.38. The first-order valence-corrected chi connectivity index (χ1v) is 11.9. The number of pyridine rings is 2. The quantitative estimate of drug-likeness (QED) is 0.363. The van der Waals surface area contributed by atoms with Gasteiger partial charge in [-0.2, -0.15) is 0 Å². The molecule has 0 aliphatic heterocycles. The van der Waals surface area contributed by atoms with Gasteiger partial charge in [0.1, 0.15) is 21.9 Å². The predicted molar refractivity (Wildman–Crippen MR) is 127 cm³/mol. The number of hydrogen-bond acceptors (Lipinski definition) is 6. The van der Waals surface area contributed by atoms with Gasteiger partial charge in [0.05, 0.1) is 17.6 Å². The minimum Gasteiger partial charge on any atom is -0.506 e. The highest BCUT2D eigenvalue weighted by atomic mass is 79.9. The highest BCUT2D eigenvalue weighted by Crippen LogP contribution is 2.31. The Balaban J connectivity index is 1.89. The summed E-state index contributed by atoms with van der Waals surface area (Å²) in [5, 5.41) is 18.7. The predicted octanol–water partition coefficient (Wildman–Crippen LogP) is 2.81. The topological polar surface area (TPSA) is 144 Å². The molecule has 0 radical (unpaired) electrons. The van der Waals surface area contributed by atoms with Crippen LogP contribution in [0.5, 0.6) is 5.75 Å². The maximum Gasteiger partial charge on any atom is 0.269 e. The van der Waals surface area contributed by atoms with Gasteiger partial charge in [-0.15, -0.1) is 0 Å². The number of rotatable bonds is 5. The van der Waals surface area contributed by atoms with Gasteiger partial charge >= 0.3 is 0 Å². The van der Waals surface area contributed by atoms with Gasteiger partial charge in [-0.1, -0.05) is 36.4 Å². The van der Waals surface area contributed by atoms with Crippen molar-refractivity contribution >= 4 is 48.6 Å². The molecule has 2 heterocycles. The van der Waals surface area contributed by atoms with Crippen LogP contribution in [0.1, 0.15) is 15.9 Å². The Kier molecular flexibility index (Phi) is 6.02. The van der Waals surface area contributed by atoms with Gasteiger partial charge in [0, 0.05) is 10.7 Å². The molecule has 0 atom stereocenters. The van der Waals surface area contributed by atoms with E-state index < -0.39 is 32.8 Å². The van der Waals surface area contributed by atoms with E-state index in [9.17, 15) is 23.1 Å². The summed E-state index contributed by atoms with van der Waals surface area (Å²) in [5.74, 6) is -1.56. The lowest BCUT2D eigenvalue weighted by molar-refractivity contribution is 0.102. The third-order valence-corrected chi connectivity index (χ3v) is 6.54. The number of aromatic hydroxyl groups is 1. The molecular formula is C22H17BrN4O5S. The smallest absolute Gasteiger partial charge is 0.269 e. The first-order chi connectivity index (χ1) is 15.7. The molecule has 2 aromatic heterocycles. The Bertz CT molecular complexity index is 1550. The monoisotopic (exact) mass is 528 g/mol. The zero-order valence-electron chi connectivity index (χ0n) is 16.9. The van der Waals surface area contributed by atoms with E-state index >= 15 is 0 Å². The molecule has 4 N–H and O–H groups in total. The minimum absolute atomic E-state index is 0.102. The second kappa shape index (κ2) is 8.77. The number of halogens is 1. The first kappa shape index (κ1) is 22.6. The zero-order valence-corrected chi connectivity index (χ0v) is 19.3. The largest absolute Gasteiger partial charge is 0.506 e. The number of carbonyl (C=O) groups is 1. The summed E-state index contributed by atoms with van der Waals surface area (Å²) >= 11 is 3.19. The van der Waals surface area contributed by atoms with Crippen molar-refractivity contribution in [3.05, 3.63) is 92.8 Å². The van der Waals surface area contributed by atoms with Crippen LogP contribution in [0.25, 0.3) is 11.0 Å². The number of anilines is 1. The number of nitrogens with one attached hydrogen (secondary N) is 1.